The summed E-state index contributed by atoms with van der Waals surface area (Å²) in [5, 5.41) is 0. The van der Waals surface area contributed by atoms with Gasteiger partial charge in [0.25, 0.3) is 0 Å². The van der Waals surface area contributed by atoms with Crippen LogP contribution in [0.4, 0.5) is 0 Å². The maximum atomic E-state index is 11.1. The van der Waals surface area contributed by atoms with Gasteiger partial charge in [-0.15, -0.1) is 0 Å². The van der Waals surface area contributed by atoms with Crippen LogP contribution in [0, 0.1) is 5.41 Å². The minimum Gasteiger partial charge on any atom is -0.466 e. The van der Waals surface area contributed by atoms with Crippen molar-refractivity contribution in [2.45, 2.75) is 34.1 Å². The summed E-state index contributed by atoms with van der Waals surface area (Å²) in [5.41, 5.74) is 0.890. The Morgan fingerprint density at radius 2 is 1.92 bits per heavy atom. The number of ether oxygens (including phenoxy) is 1. The first-order valence-corrected chi connectivity index (χ1v) is 4.14. The van der Waals surface area contributed by atoms with E-state index in [9.17, 15) is 4.79 Å². The second kappa shape index (κ2) is 4.29. The summed E-state index contributed by atoms with van der Waals surface area (Å²) in [6, 6.07) is 0. The van der Waals surface area contributed by atoms with E-state index in [4.69, 9.17) is 0 Å². The van der Waals surface area contributed by atoms with E-state index in [0.717, 1.165) is 12.0 Å². The number of hydrogen-bond acceptors (Lipinski definition) is 2. The number of allylic oxidation sites excluding steroid dienone is 1. The van der Waals surface area contributed by atoms with Crippen molar-refractivity contribution in [3.05, 3.63) is 11.6 Å². The van der Waals surface area contributed by atoms with Gasteiger partial charge in [0.2, 0.25) is 0 Å². The van der Waals surface area contributed by atoms with E-state index in [1.54, 1.807) is 0 Å². The van der Waals surface area contributed by atoms with E-state index < -0.39 is 0 Å². The Morgan fingerprint density at radius 1 is 1.42 bits per heavy atom. The van der Waals surface area contributed by atoms with E-state index in [1.165, 1.54) is 7.11 Å². The summed E-state index contributed by atoms with van der Waals surface area (Å²) >= 11 is 0. The van der Waals surface area contributed by atoms with Crippen molar-refractivity contribution in [1.29, 1.82) is 0 Å². The Labute approximate surface area is 74.6 Å². The van der Waals surface area contributed by atoms with Crippen molar-refractivity contribution in [1.82, 2.24) is 0 Å². The van der Waals surface area contributed by atoms with E-state index >= 15 is 0 Å². The smallest absolute Gasteiger partial charge is 0.333 e. The monoisotopic (exact) mass is 170 g/mol. The lowest BCUT2D eigenvalue weighted by atomic mass is 9.88. The molecular formula is C10H18O2. The molecule has 0 aromatic heterocycles. The quantitative estimate of drug-likeness (QED) is 0.470. The number of carbonyl (C=O) groups is 1. The highest BCUT2D eigenvalue weighted by molar-refractivity contribution is 5.88. The van der Waals surface area contributed by atoms with Crippen LogP contribution in [0.25, 0.3) is 0 Å². The van der Waals surface area contributed by atoms with Crippen molar-refractivity contribution in [3.8, 4) is 0 Å². The fourth-order valence-corrected chi connectivity index (χ4v) is 0.995. The third-order valence-electron chi connectivity index (χ3n) is 1.52. The van der Waals surface area contributed by atoms with Crippen LogP contribution in [0.15, 0.2) is 11.6 Å². The van der Waals surface area contributed by atoms with Crippen LogP contribution in [0.3, 0.4) is 0 Å². The Balaban J connectivity index is 4.31. The molecular weight excluding hydrogens is 152 g/mol. The van der Waals surface area contributed by atoms with Crippen LogP contribution in [-0.2, 0) is 9.53 Å². The standard InChI is InChI=1S/C10H18O2/c1-6-8(9(11)12-5)7-10(2,3)4/h6H,7H2,1-5H3. The third-order valence-corrected chi connectivity index (χ3v) is 1.52. The molecule has 0 amide bonds. The van der Waals surface area contributed by atoms with Gasteiger partial charge in [0, 0.05) is 5.57 Å². The molecule has 0 spiro atoms. The first-order valence-electron chi connectivity index (χ1n) is 4.14. The average molecular weight is 170 g/mol. The van der Waals surface area contributed by atoms with E-state index in [2.05, 4.69) is 25.5 Å². The lowest BCUT2D eigenvalue weighted by Crippen LogP contribution is -2.13. The molecule has 0 aliphatic heterocycles. The molecule has 0 heterocycles. The predicted molar refractivity (Wildman–Crippen MR) is 49.8 cm³/mol. The van der Waals surface area contributed by atoms with Gasteiger partial charge < -0.3 is 4.74 Å². The molecule has 0 aliphatic rings. The van der Waals surface area contributed by atoms with Crippen LogP contribution < -0.4 is 0 Å². The van der Waals surface area contributed by atoms with E-state index in [-0.39, 0.29) is 11.4 Å². The number of methoxy groups -OCH3 is 1. The van der Waals surface area contributed by atoms with E-state index in [1.807, 2.05) is 13.0 Å². The molecule has 0 aromatic rings. The second-order valence-corrected chi connectivity index (χ2v) is 4.04. The molecule has 70 valence electrons. The summed E-state index contributed by atoms with van der Waals surface area (Å²) in [5.74, 6) is -0.215. The SMILES string of the molecule is CC=C(CC(C)(C)C)C(=O)OC. The van der Waals surface area contributed by atoms with Crippen LogP contribution >= 0.6 is 0 Å². The lowest BCUT2D eigenvalue weighted by molar-refractivity contribution is -0.136. The molecule has 0 saturated heterocycles. The molecule has 0 bridgehead atoms. The highest BCUT2D eigenvalue weighted by Gasteiger charge is 2.17. The summed E-state index contributed by atoms with van der Waals surface area (Å²) < 4.78 is 4.64. The molecule has 12 heavy (non-hydrogen) atoms. The zero-order valence-electron chi connectivity index (χ0n) is 8.60. The fourth-order valence-electron chi connectivity index (χ4n) is 0.995. The van der Waals surface area contributed by atoms with Crippen molar-refractivity contribution < 1.29 is 9.53 Å². The zero-order chi connectivity index (χ0) is 9.78. The summed E-state index contributed by atoms with van der Waals surface area (Å²) in [7, 11) is 1.41. The van der Waals surface area contributed by atoms with Gasteiger partial charge in [-0.25, -0.2) is 4.79 Å². The second-order valence-electron chi connectivity index (χ2n) is 4.04. The van der Waals surface area contributed by atoms with Crippen molar-refractivity contribution in [2.75, 3.05) is 7.11 Å². The fraction of sp³-hybridized carbons (Fsp3) is 0.700. The minimum absolute atomic E-state index is 0.135. The Bertz CT molecular complexity index is 185. The maximum absolute atomic E-state index is 11.1. The molecule has 0 N–H and O–H groups in total. The van der Waals surface area contributed by atoms with Crippen LogP contribution in [0.1, 0.15) is 34.1 Å². The summed E-state index contributed by atoms with van der Waals surface area (Å²) in [6.07, 6.45) is 2.58. The summed E-state index contributed by atoms with van der Waals surface area (Å²) in [6.45, 7) is 8.15. The molecule has 0 unspecified atom stereocenters. The van der Waals surface area contributed by atoms with Crippen molar-refractivity contribution in [3.63, 3.8) is 0 Å². The average Bonchev–Trinajstić information content (AvgIpc) is 1.97. The number of hydrogen-bond donors (Lipinski definition) is 0. The largest absolute Gasteiger partial charge is 0.466 e. The first kappa shape index (κ1) is 11.2. The van der Waals surface area contributed by atoms with Gasteiger partial charge in [0.05, 0.1) is 7.11 Å². The van der Waals surface area contributed by atoms with Crippen molar-refractivity contribution >= 4 is 5.97 Å². The highest BCUT2D eigenvalue weighted by Crippen LogP contribution is 2.24. The number of carbonyl (C=O) groups excluding carboxylic acids is 1. The maximum Gasteiger partial charge on any atom is 0.333 e. The third kappa shape index (κ3) is 4.16. The normalized spacial score (nSPS) is 12.9. The Hall–Kier alpha value is -0.790. The minimum atomic E-state index is -0.215. The zero-order valence-corrected chi connectivity index (χ0v) is 8.60. The van der Waals surface area contributed by atoms with Gasteiger partial charge in [-0.05, 0) is 18.8 Å². The Kier molecular flexibility index (Phi) is 4.01. The molecule has 0 aliphatic carbocycles. The molecule has 0 saturated carbocycles. The van der Waals surface area contributed by atoms with Gasteiger partial charge >= 0.3 is 5.97 Å². The molecule has 0 atom stereocenters. The molecule has 2 heteroatoms. The van der Waals surface area contributed by atoms with Crippen LogP contribution in [0.2, 0.25) is 0 Å². The predicted octanol–water partition coefficient (Wildman–Crippen LogP) is 2.54. The molecule has 0 fully saturated rings. The van der Waals surface area contributed by atoms with Gasteiger partial charge in [-0.2, -0.15) is 0 Å². The summed E-state index contributed by atoms with van der Waals surface area (Å²) in [4.78, 5) is 11.1. The molecule has 2 nitrogen and oxygen atoms in total. The van der Waals surface area contributed by atoms with Gasteiger partial charge in [0.1, 0.15) is 0 Å². The van der Waals surface area contributed by atoms with Crippen molar-refractivity contribution in [2.24, 2.45) is 5.41 Å². The van der Waals surface area contributed by atoms with E-state index in [0.29, 0.717) is 0 Å². The van der Waals surface area contributed by atoms with Gasteiger partial charge in [-0.3, -0.25) is 0 Å². The number of rotatable bonds is 2. The van der Waals surface area contributed by atoms with Gasteiger partial charge in [-0.1, -0.05) is 26.8 Å². The number of esters is 1. The molecule has 0 aromatic carbocycles. The lowest BCUT2D eigenvalue weighted by Gasteiger charge is -2.18. The first-order chi connectivity index (χ1) is 5.40. The highest BCUT2D eigenvalue weighted by atomic mass is 16.5. The van der Waals surface area contributed by atoms with Gasteiger partial charge in [0.15, 0.2) is 0 Å². The molecule has 0 radical (unpaired) electrons. The Morgan fingerprint density at radius 3 is 2.17 bits per heavy atom. The van der Waals surface area contributed by atoms with Crippen LogP contribution in [-0.4, -0.2) is 13.1 Å². The topological polar surface area (TPSA) is 26.3 Å². The molecule has 0 rings (SSSR count). The van der Waals surface area contributed by atoms with Crippen LogP contribution in [0.5, 0.6) is 0 Å².